The van der Waals surface area contributed by atoms with Crippen molar-refractivity contribution in [1.29, 1.82) is 0 Å². The fraction of sp³-hybridized carbons (Fsp3) is 0.0556. The Morgan fingerprint density at radius 2 is 1.04 bits per heavy atom. The Morgan fingerprint density at radius 1 is 0.607 bits per heavy atom. The van der Waals surface area contributed by atoms with Gasteiger partial charge in [-0.05, 0) is 35.9 Å². The van der Waals surface area contributed by atoms with Gasteiger partial charge in [0.05, 0.1) is 41.4 Å². The highest BCUT2D eigenvalue weighted by molar-refractivity contribution is 6.49. The molecule has 0 bridgehead atoms. The van der Waals surface area contributed by atoms with Gasteiger partial charge in [-0.1, -0.05) is 69.6 Å². The van der Waals surface area contributed by atoms with E-state index in [2.05, 4.69) is 4.98 Å². The maximum absolute atomic E-state index is 13.7. The van der Waals surface area contributed by atoms with Crippen LogP contribution in [0.25, 0.3) is 22.4 Å². The third kappa shape index (κ3) is 4.33. The minimum atomic E-state index is -4.70. The van der Waals surface area contributed by atoms with E-state index < -0.39 is 11.7 Å². The Balaban J connectivity index is 2.22. The smallest absolute Gasteiger partial charge is 0.255 e. The SMILES string of the molecule is FC(F)(F)c1cc(-c2cc(Cl)c(Cl)c(Cl)c2)cnc1-c1cc(Cl)c(Cl)c(Cl)c1. The molecular weight excluding hydrogens is 500 g/mol. The zero-order valence-electron chi connectivity index (χ0n) is 13.3. The van der Waals surface area contributed by atoms with Crippen LogP contribution in [0.3, 0.4) is 0 Å². The topological polar surface area (TPSA) is 12.9 Å². The zero-order chi connectivity index (χ0) is 20.8. The second kappa shape index (κ2) is 8.10. The Bertz CT molecular complexity index is 1040. The van der Waals surface area contributed by atoms with E-state index in [-0.39, 0.29) is 47.0 Å². The highest BCUT2D eigenvalue weighted by Crippen LogP contribution is 2.42. The molecule has 28 heavy (non-hydrogen) atoms. The van der Waals surface area contributed by atoms with Crippen LogP contribution < -0.4 is 0 Å². The van der Waals surface area contributed by atoms with E-state index in [0.717, 1.165) is 6.07 Å². The van der Waals surface area contributed by atoms with Crippen molar-refractivity contribution in [1.82, 2.24) is 4.98 Å². The van der Waals surface area contributed by atoms with Gasteiger partial charge in [0, 0.05) is 17.3 Å². The third-order valence-electron chi connectivity index (χ3n) is 3.77. The summed E-state index contributed by atoms with van der Waals surface area (Å²) in [6, 6.07) is 6.28. The Kier molecular flexibility index (Phi) is 6.31. The lowest BCUT2D eigenvalue weighted by Crippen LogP contribution is -2.09. The predicted molar refractivity (Wildman–Crippen MR) is 110 cm³/mol. The van der Waals surface area contributed by atoms with Crippen molar-refractivity contribution < 1.29 is 13.2 Å². The van der Waals surface area contributed by atoms with Gasteiger partial charge in [-0.15, -0.1) is 0 Å². The number of pyridine rings is 1. The highest BCUT2D eigenvalue weighted by atomic mass is 35.5. The molecule has 1 nitrogen and oxygen atoms in total. The van der Waals surface area contributed by atoms with Crippen LogP contribution in [0.1, 0.15) is 5.56 Å². The molecule has 10 heteroatoms. The summed E-state index contributed by atoms with van der Waals surface area (Å²) in [6.45, 7) is 0. The summed E-state index contributed by atoms with van der Waals surface area (Å²) in [6.07, 6.45) is -3.44. The number of halogens is 9. The van der Waals surface area contributed by atoms with Crippen LogP contribution in [0, 0.1) is 0 Å². The summed E-state index contributed by atoms with van der Waals surface area (Å²) < 4.78 is 41.2. The van der Waals surface area contributed by atoms with Gasteiger partial charge in [-0.3, -0.25) is 4.98 Å². The molecule has 0 amide bonds. The van der Waals surface area contributed by atoms with Crippen LogP contribution in [-0.4, -0.2) is 4.98 Å². The molecule has 2 aromatic carbocycles. The van der Waals surface area contributed by atoms with Gasteiger partial charge in [-0.2, -0.15) is 13.2 Å². The Hall–Kier alpha value is -0.880. The fourth-order valence-corrected chi connectivity index (χ4v) is 3.68. The number of alkyl halides is 3. The number of nitrogens with zero attached hydrogens (tertiary/aromatic N) is 1. The van der Waals surface area contributed by atoms with Crippen molar-refractivity contribution in [2.45, 2.75) is 6.18 Å². The van der Waals surface area contributed by atoms with Crippen LogP contribution in [0.5, 0.6) is 0 Å². The molecule has 0 saturated carbocycles. The van der Waals surface area contributed by atoms with Crippen LogP contribution in [0.2, 0.25) is 30.1 Å². The van der Waals surface area contributed by atoms with E-state index in [1.807, 2.05) is 0 Å². The molecule has 0 spiro atoms. The van der Waals surface area contributed by atoms with E-state index in [9.17, 15) is 13.2 Å². The van der Waals surface area contributed by atoms with Gasteiger partial charge in [0.25, 0.3) is 0 Å². The first-order valence-electron chi connectivity index (χ1n) is 7.36. The molecule has 0 aliphatic rings. The molecule has 3 aromatic rings. The number of hydrogen-bond acceptors (Lipinski definition) is 1. The zero-order valence-corrected chi connectivity index (χ0v) is 17.8. The van der Waals surface area contributed by atoms with Crippen molar-refractivity contribution in [2.75, 3.05) is 0 Å². The predicted octanol–water partition coefficient (Wildman–Crippen LogP) is 9.35. The molecule has 3 rings (SSSR count). The van der Waals surface area contributed by atoms with Crippen molar-refractivity contribution in [2.24, 2.45) is 0 Å². The number of rotatable bonds is 2. The first-order chi connectivity index (χ1) is 13.0. The van der Waals surface area contributed by atoms with Gasteiger partial charge >= 0.3 is 6.18 Å². The molecule has 0 unspecified atom stereocenters. The maximum atomic E-state index is 13.7. The first kappa shape index (κ1) is 21.8. The van der Waals surface area contributed by atoms with Crippen LogP contribution >= 0.6 is 69.6 Å². The van der Waals surface area contributed by atoms with Gasteiger partial charge in [0.1, 0.15) is 0 Å². The van der Waals surface area contributed by atoms with Crippen molar-refractivity contribution in [3.8, 4) is 22.4 Å². The normalized spacial score (nSPS) is 11.8. The number of benzene rings is 2. The monoisotopic (exact) mass is 503 g/mol. The molecule has 146 valence electrons. The number of aromatic nitrogens is 1. The van der Waals surface area contributed by atoms with Crippen LogP contribution in [0.15, 0.2) is 36.5 Å². The summed E-state index contributed by atoms with van der Waals surface area (Å²) in [5, 5.41) is 0.399. The van der Waals surface area contributed by atoms with Crippen LogP contribution in [-0.2, 0) is 6.18 Å². The van der Waals surface area contributed by atoms with E-state index in [1.54, 1.807) is 0 Å². The van der Waals surface area contributed by atoms with Crippen molar-refractivity contribution in [3.63, 3.8) is 0 Å². The lowest BCUT2D eigenvalue weighted by Gasteiger charge is -2.15. The summed E-state index contributed by atoms with van der Waals surface area (Å²) in [5.41, 5.74) is -0.770. The van der Waals surface area contributed by atoms with Gasteiger partial charge in [0.2, 0.25) is 0 Å². The molecule has 0 N–H and O–H groups in total. The molecule has 0 atom stereocenters. The van der Waals surface area contributed by atoms with Crippen molar-refractivity contribution in [3.05, 3.63) is 72.2 Å². The average molecular weight is 506 g/mol. The van der Waals surface area contributed by atoms with Gasteiger partial charge in [-0.25, -0.2) is 0 Å². The summed E-state index contributed by atoms with van der Waals surface area (Å²) >= 11 is 35.6. The molecule has 0 aliphatic carbocycles. The van der Waals surface area contributed by atoms with E-state index in [4.69, 9.17) is 69.6 Å². The second-order valence-electron chi connectivity index (χ2n) is 5.63. The van der Waals surface area contributed by atoms with E-state index in [0.29, 0.717) is 5.56 Å². The average Bonchev–Trinajstić information content (AvgIpc) is 2.62. The summed E-state index contributed by atoms with van der Waals surface area (Å²) in [4.78, 5) is 3.99. The molecule has 1 aromatic heterocycles. The first-order valence-corrected chi connectivity index (χ1v) is 9.63. The standard InChI is InChI=1S/C18H6Cl6F3N/c19-11-2-7(3-12(20)15(11)23)9-1-10(18(25,26)27)17(28-6-9)8-4-13(21)16(24)14(22)5-8/h1-6H. The summed E-state index contributed by atoms with van der Waals surface area (Å²) in [7, 11) is 0. The van der Waals surface area contributed by atoms with Crippen molar-refractivity contribution >= 4 is 69.6 Å². The lowest BCUT2D eigenvalue weighted by atomic mass is 10.0. The summed E-state index contributed by atoms with van der Waals surface area (Å²) in [5.74, 6) is 0. The largest absolute Gasteiger partial charge is 0.418 e. The molecule has 0 saturated heterocycles. The molecule has 1 heterocycles. The third-order valence-corrected chi connectivity index (χ3v) is 6.16. The minimum Gasteiger partial charge on any atom is -0.255 e. The molecule has 0 fully saturated rings. The lowest BCUT2D eigenvalue weighted by molar-refractivity contribution is -0.137. The van der Waals surface area contributed by atoms with Crippen LogP contribution in [0.4, 0.5) is 13.2 Å². The minimum absolute atomic E-state index is 0.0134. The van der Waals surface area contributed by atoms with Gasteiger partial charge < -0.3 is 0 Å². The molecule has 0 radical (unpaired) electrons. The van der Waals surface area contributed by atoms with E-state index in [1.165, 1.54) is 30.5 Å². The highest BCUT2D eigenvalue weighted by Gasteiger charge is 2.35. The maximum Gasteiger partial charge on any atom is 0.418 e. The Morgan fingerprint density at radius 3 is 1.46 bits per heavy atom. The van der Waals surface area contributed by atoms with E-state index >= 15 is 0 Å². The fourth-order valence-electron chi connectivity index (χ4n) is 2.48. The van der Waals surface area contributed by atoms with Gasteiger partial charge in [0.15, 0.2) is 0 Å². The number of hydrogen-bond donors (Lipinski definition) is 0. The second-order valence-corrected chi connectivity index (χ2v) is 8.01. The quantitative estimate of drug-likeness (QED) is 0.316. The molecular formula is C18H6Cl6F3N. The Labute approximate surface area is 187 Å². The molecule has 0 aliphatic heterocycles.